The first-order valence-corrected chi connectivity index (χ1v) is 9.78. The third-order valence-electron chi connectivity index (χ3n) is 5.26. The summed E-state index contributed by atoms with van der Waals surface area (Å²) in [6.45, 7) is 0. The van der Waals surface area contributed by atoms with Crippen LogP contribution in [0.5, 0.6) is 0 Å². The molecule has 24 heavy (non-hydrogen) atoms. The molecular formula is C19H25BrN2O2. The Morgan fingerprint density at radius 2 is 1.54 bits per heavy atom. The predicted molar refractivity (Wildman–Crippen MR) is 98.6 cm³/mol. The average Bonchev–Trinajstić information content (AvgIpc) is 3.08. The average molecular weight is 393 g/mol. The summed E-state index contributed by atoms with van der Waals surface area (Å²) < 4.78 is 0.951. The van der Waals surface area contributed by atoms with E-state index < -0.39 is 0 Å². The molecule has 130 valence electrons. The lowest BCUT2D eigenvalue weighted by atomic mass is 9.81. The third-order valence-corrected chi connectivity index (χ3v) is 5.76. The number of nitrogens with one attached hydrogen (secondary N) is 2. The number of anilines is 1. The van der Waals surface area contributed by atoms with E-state index in [1.807, 2.05) is 24.3 Å². The molecule has 4 nitrogen and oxygen atoms in total. The Morgan fingerprint density at radius 1 is 0.917 bits per heavy atom. The zero-order valence-corrected chi connectivity index (χ0v) is 15.5. The molecule has 0 saturated heterocycles. The highest BCUT2D eigenvalue weighted by Gasteiger charge is 2.31. The standard InChI is InChI=1S/C19H25BrN2O2/c20-15-4-3-7-17(12-15)22-19(24)14-10-8-13(9-11-14)18(23)21-16-5-1-2-6-16/h3-4,7,12-14,16H,1-2,5-6,8-11H2,(H,21,23)(H,22,24). The van der Waals surface area contributed by atoms with Crippen molar-refractivity contribution in [2.24, 2.45) is 11.8 Å². The monoisotopic (exact) mass is 392 g/mol. The number of hydrogen-bond acceptors (Lipinski definition) is 2. The highest BCUT2D eigenvalue weighted by molar-refractivity contribution is 9.10. The van der Waals surface area contributed by atoms with Gasteiger partial charge >= 0.3 is 0 Å². The molecule has 2 aliphatic carbocycles. The Labute approximate surface area is 151 Å². The molecule has 2 saturated carbocycles. The van der Waals surface area contributed by atoms with Gasteiger partial charge in [-0.15, -0.1) is 0 Å². The quantitative estimate of drug-likeness (QED) is 0.804. The van der Waals surface area contributed by atoms with E-state index in [-0.39, 0.29) is 23.7 Å². The number of rotatable bonds is 4. The zero-order valence-electron chi connectivity index (χ0n) is 13.9. The van der Waals surface area contributed by atoms with E-state index in [1.54, 1.807) is 0 Å². The van der Waals surface area contributed by atoms with Crippen molar-refractivity contribution in [2.75, 3.05) is 5.32 Å². The maximum atomic E-state index is 12.4. The summed E-state index contributed by atoms with van der Waals surface area (Å²) in [5.74, 6) is 0.371. The lowest BCUT2D eigenvalue weighted by Gasteiger charge is -2.28. The first-order valence-electron chi connectivity index (χ1n) is 8.98. The summed E-state index contributed by atoms with van der Waals surface area (Å²) in [7, 11) is 0. The minimum Gasteiger partial charge on any atom is -0.353 e. The van der Waals surface area contributed by atoms with Crippen LogP contribution in [0, 0.1) is 11.8 Å². The largest absolute Gasteiger partial charge is 0.353 e. The van der Waals surface area contributed by atoms with Crippen molar-refractivity contribution in [3.05, 3.63) is 28.7 Å². The van der Waals surface area contributed by atoms with E-state index in [4.69, 9.17) is 0 Å². The van der Waals surface area contributed by atoms with Crippen molar-refractivity contribution < 1.29 is 9.59 Å². The van der Waals surface area contributed by atoms with E-state index in [0.717, 1.165) is 48.7 Å². The molecule has 1 aromatic carbocycles. The number of benzene rings is 1. The van der Waals surface area contributed by atoms with Gasteiger partial charge in [0.25, 0.3) is 0 Å². The van der Waals surface area contributed by atoms with Crippen LogP contribution in [0.4, 0.5) is 5.69 Å². The number of hydrogen-bond donors (Lipinski definition) is 2. The Morgan fingerprint density at radius 3 is 2.17 bits per heavy atom. The van der Waals surface area contributed by atoms with E-state index in [9.17, 15) is 9.59 Å². The second-order valence-electron chi connectivity index (χ2n) is 7.04. The minimum atomic E-state index is 0.0134. The molecule has 0 radical (unpaired) electrons. The molecule has 0 heterocycles. The molecule has 2 fully saturated rings. The Balaban J connectivity index is 1.45. The number of carbonyl (C=O) groups excluding carboxylic acids is 2. The lowest BCUT2D eigenvalue weighted by Crippen LogP contribution is -2.39. The van der Waals surface area contributed by atoms with E-state index >= 15 is 0 Å². The normalized spacial score (nSPS) is 24.5. The van der Waals surface area contributed by atoms with Gasteiger partial charge in [0, 0.05) is 28.0 Å². The summed E-state index contributed by atoms with van der Waals surface area (Å²) in [5.41, 5.74) is 0.815. The SMILES string of the molecule is O=C(Nc1cccc(Br)c1)C1CCC(C(=O)NC2CCCC2)CC1. The maximum Gasteiger partial charge on any atom is 0.227 e. The third kappa shape index (κ3) is 4.59. The summed E-state index contributed by atoms with van der Waals surface area (Å²) in [6.07, 6.45) is 7.92. The van der Waals surface area contributed by atoms with Crippen molar-refractivity contribution in [3.63, 3.8) is 0 Å². The van der Waals surface area contributed by atoms with Gasteiger partial charge in [-0.1, -0.05) is 34.8 Å². The van der Waals surface area contributed by atoms with E-state index in [1.165, 1.54) is 12.8 Å². The predicted octanol–water partition coefficient (Wildman–Crippen LogP) is 4.25. The van der Waals surface area contributed by atoms with Gasteiger partial charge < -0.3 is 10.6 Å². The van der Waals surface area contributed by atoms with Gasteiger partial charge in [0.15, 0.2) is 0 Å². The molecule has 0 aromatic heterocycles. The fourth-order valence-electron chi connectivity index (χ4n) is 3.82. The van der Waals surface area contributed by atoms with E-state index in [0.29, 0.717) is 6.04 Å². The molecule has 0 atom stereocenters. The second kappa shape index (κ2) is 8.15. The van der Waals surface area contributed by atoms with Crippen molar-refractivity contribution in [3.8, 4) is 0 Å². The van der Waals surface area contributed by atoms with Crippen LogP contribution in [0.15, 0.2) is 28.7 Å². The number of halogens is 1. The Hall–Kier alpha value is -1.36. The first kappa shape index (κ1) is 17.5. The molecule has 3 rings (SSSR count). The Bertz CT molecular complexity index is 591. The molecular weight excluding hydrogens is 368 g/mol. The molecule has 0 aliphatic heterocycles. The molecule has 2 N–H and O–H groups in total. The van der Waals surface area contributed by atoms with Crippen LogP contribution < -0.4 is 10.6 Å². The van der Waals surface area contributed by atoms with Crippen molar-refractivity contribution >= 4 is 33.4 Å². The second-order valence-corrected chi connectivity index (χ2v) is 7.95. The first-order chi connectivity index (χ1) is 11.6. The van der Waals surface area contributed by atoms with Gasteiger partial charge in [0.05, 0.1) is 0 Å². The smallest absolute Gasteiger partial charge is 0.227 e. The van der Waals surface area contributed by atoms with Crippen molar-refractivity contribution in [1.29, 1.82) is 0 Å². The van der Waals surface area contributed by atoms with Crippen LogP contribution >= 0.6 is 15.9 Å². The highest BCUT2D eigenvalue weighted by atomic mass is 79.9. The molecule has 2 aliphatic rings. The van der Waals surface area contributed by atoms with Crippen LogP contribution in [0.1, 0.15) is 51.4 Å². The summed E-state index contributed by atoms with van der Waals surface area (Å²) in [5, 5.41) is 6.18. The van der Waals surface area contributed by atoms with Gasteiger partial charge in [0.1, 0.15) is 0 Å². The van der Waals surface area contributed by atoms with E-state index in [2.05, 4.69) is 26.6 Å². The fraction of sp³-hybridized carbons (Fsp3) is 0.579. The van der Waals surface area contributed by atoms with Crippen LogP contribution in [0.3, 0.4) is 0 Å². The lowest BCUT2D eigenvalue weighted by molar-refractivity contribution is -0.129. The van der Waals surface area contributed by atoms with Crippen LogP contribution in [0.2, 0.25) is 0 Å². The maximum absolute atomic E-state index is 12.4. The Kier molecular flexibility index (Phi) is 5.93. The summed E-state index contributed by atoms with van der Waals surface area (Å²) in [4.78, 5) is 24.7. The van der Waals surface area contributed by atoms with Crippen LogP contribution in [0.25, 0.3) is 0 Å². The molecule has 5 heteroatoms. The molecule has 0 spiro atoms. The molecule has 0 unspecified atom stereocenters. The van der Waals surface area contributed by atoms with Crippen LogP contribution in [-0.4, -0.2) is 17.9 Å². The zero-order chi connectivity index (χ0) is 16.9. The number of amides is 2. The van der Waals surface area contributed by atoms with Gasteiger partial charge in [-0.3, -0.25) is 9.59 Å². The molecule has 2 amide bonds. The fourth-order valence-corrected chi connectivity index (χ4v) is 4.22. The number of carbonyl (C=O) groups is 2. The molecule has 0 bridgehead atoms. The van der Waals surface area contributed by atoms with Gasteiger partial charge in [-0.25, -0.2) is 0 Å². The minimum absolute atomic E-state index is 0.0134. The summed E-state index contributed by atoms with van der Waals surface area (Å²) >= 11 is 3.41. The van der Waals surface area contributed by atoms with Gasteiger partial charge in [0.2, 0.25) is 11.8 Å². The summed E-state index contributed by atoms with van der Waals surface area (Å²) in [6, 6.07) is 8.02. The highest BCUT2D eigenvalue weighted by Crippen LogP contribution is 2.30. The molecule has 1 aromatic rings. The van der Waals surface area contributed by atoms with Crippen LogP contribution in [-0.2, 0) is 9.59 Å². The van der Waals surface area contributed by atoms with Gasteiger partial charge in [-0.05, 0) is 56.7 Å². The topological polar surface area (TPSA) is 58.2 Å². The van der Waals surface area contributed by atoms with Crippen molar-refractivity contribution in [2.45, 2.75) is 57.4 Å². The van der Waals surface area contributed by atoms with Gasteiger partial charge in [-0.2, -0.15) is 0 Å². The van der Waals surface area contributed by atoms with Crippen molar-refractivity contribution in [1.82, 2.24) is 5.32 Å².